The van der Waals surface area contributed by atoms with E-state index in [2.05, 4.69) is 239 Å². The molecular weight excluding hydrogens is 759 g/mol. The Balaban J connectivity index is 1.29. The normalized spacial score (nSPS) is 12.5. The maximum atomic E-state index is 2.61. The lowest BCUT2D eigenvalue weighted by atomic mass is 9.33. The van der Waals surface area contributed by atoms with Gasteiger partial charge in [0.05, 0.1) is 11.4 Å². The molecule has 2 aliphatic heterocycles. The summed E-state index contributed by atoms with van der Waals surface area (Å²) in [5.41, 5.74) is 28.4. The number of aryl methyl sites for hydroxylation is 6. The zero-order valence-electron chi connectivity index (χ0n) is 36.9. The molecule has 9 aromatic carbocycles. The van der Waals surface area contributed by atoms with E-state index in [1.54, 1.807) is 0 Å². The summed E-state index contributed by atoms with van der Waals surface area (Å²) in [7, 11) is 0. The van der Waals surface area contributed by atoms with E-state index < -0.39 is 0 Å². The van der Waals surface area contributed by atoms with Crippen LogP contribution in [-0.4, -0.2) is 6.71 Å². The van der Waals surface area contributed by atoms with Gasteiger partial charge in [-0.05, 0) is 151 Å². The summed E-state index contributed by atoms with van der Waals surface area (Å²) in [6.45, 7) is 13.5. The molecule has 0 amide bonds. The highest BCUT2D eigenvalue weighted by Crippen LogP contribution is 2.53. The largest absolute Gasteiger partial charge is 0.310 e. The van der Waals surface area contributed by atoms with Crippen LogP contribution < -0.4 is 26.2 Å². The van der Waals surface area contributed by atoms with Crippen molar-refractivity contribution in [2.45, 2.75) is 41.5 Å². The van der Waals surface area contributed by atoms with Crippen molar-refractivity contribution in [1.29, 1.82) is 0 Å². The molecule has 2 heterocycles. The van der Waals surface area contributed by atoms with Crippen molar-refractivity contribution in [2.75, 3.05) is 9.80 Å². The zero-order valence-corrected chi connectivity index (χ0v) is 36.9. The highest BCUT2D eigenvalue weighted by atomic mass is 15.2. The maximum Gasteiger partial charge on any atom is 0.252 e. The van der Waals surface area contributed by atoms with Gasteiger partial charge in [0.15, 0.2) is 0 Å². The highest BCUT2D eigenvalue weighted by molar-refractivity contribution is 7.00. The van der Waals surface area contributed by atoms with E-state index in [4.69, 9.17) is 0 Å². The molecule has 63 heavy (non-hydrogen) atoms. The van der Waals surface area contributed by atoms with Gasteiger partial charge < -0.3 is 9.80 Å². The van der Waals surface area contributed by atoms with Gasteiger partial charge >= 0.3 is 0 Å². The maximum absolute atomic E-state index is 2.61. The molecule has 0 spiro atoms. The molecule has 2 aliphatic rings. The highest BCUT2D eigenvalue weighted by Gasteiger charge is 2.45. The predicted octanol–water partition coefficient (Wildman–Crippen LogP) is 14.3. The zero-order chi connectivity index (χ0) is 42.9. The summed E-state index contributed by atoms with van der Waals surface area (Å²) in [5.74, 6) is 0. The van der Waals surface area contributed by atoms with Crippen LogP contribution in [0.3, 0.4) is 0 Å². The van der Waals surface area contributed by atoms with Gasteiger partial charge in [-0.2, -0.15) is 0 Å². The average molecular weight is 809 g/mol. The Kier molecular flexibility index (Phi) is 9.32. The molecule has 0 radical (unpaired) electrons. The molecule has 0 bridgehead atoms. The van der Waals surface area contributed by atoms with E-state index >= 15 is 0 Å². The second-order valence-corrected chi connectivity index (χ2v) is 17.7. The summed E-state index contributed by atoms with van der Waals surface area (Å²) in [4.78, 5) is 5.23. The molecule has 11 rings (SSSR count). The molecule has 0 aliphatic carbocycles. The van der Waals surface area contributed by atoms with Crippen molar-refractivity contribution >= 4 is 57.2 Å². The minimum Gasteiger partial charge on any atom is -0.310 e. The Morgan fingerprint density at radius 1 is 0.302 bits per heavy atom. The lowest BCUT2D eigenvalue weighted by Gasteiger charge is -2.45. The Morgan fingerprint density at radius 3 is 1.13 bits per heavy atom. The van der Waals surface area contributed by atoms with Gasteiger partial charge in [-0.1, -0.05) is 151 Å². The molecule has 0 saturated carbocycles. The number of benzene rings is 9. The first-order valence-electron chi connectivity index (χ1n) is 22.2. The third-order valence-electron chi connectivity index (χ3n) is 13.3. The van der Waals surface area contributed by atoms with Gasteiger partial charge in [-0.25, -0.2) is 0 Å². The minimum atomic E-state index is 0.00794. The van der Waals surface area contributed by atoms with Crippen molar-refractivity contribution in [1.82, 2.24) is 0 Å². The third kappa shape index (κ3) is 6.33. The SMILES string of the molecule is Cc1ccc2c(c1)B1c3cc(C)ccc3N(c3c(-c4ccccc4)cc(C)cc3-c3ccccc3C)c3cccc(c31)N2c1c(-c2ccccc2)cc(C)cc1-c1ccccc1C. The van der Waals surface area contributed by atoms with Gasteiger partial charge in [0.25, 0.3) is 6.71 Å². The van der Waals surface area contributed by atoms with E-state index in [-0.39, 0.29) is 6.71 Å². The van der Waals surface area contributed by atoms with E-state index in [1.807, 2.05) is 0 Å². The first kappa shape index (κ1) is 38.6. The van der Waals surface area contributed by atoms with E-state index in [1.165, 1.54) is 128 Å². The van der Waals surface area contributed by atoms with Crippen LogP contribution in [-0.2, 0) is 0 Å². The Labute approximate surface area is 372 Å². The monoisotopic (exact) mass is 808 g/mol. The molecule has 0 fully saturated rings. The molecule has 0 aromatic heterocycles. The van der Waals surface area contributed by atoms with Crippen molar-refractivity contribution in [3.8, 4) is 44.5 Å². The molecule has 9 aromatic rings. The number of hydrogen-bond acceptors (Lipinski definition) is 2. The second-order valence-electron chi connectivity index (χ2n) is 17.7. The molecule has 0 saturated heterocycles. The average Bonchev–Trinajstić information content (AvgIpc) is 3.30. The van der Waals surface area contributed by atoms with Crippen molar-refractivity contribution in [3.05, 3.63) is 221 Å². The van der Waals surface area contributed by atoms with Crippen LogP contribution in [0.15, 0.2) is 188 Å². The third-order valence-corrected chi connectivity index (χ3v) is 13.3. The lowest BCUT2D eigenvalue weighted by Crippen LogP contribution is -2.61. The second kappa shape index (κ2) is 15.2. The van der Waals surface area contributed by atoms with Gasteiger partial charge in [-0.3, -0.25) is 0 Å². The van der Waals surface area contributed by atoms with E-state index in [9.17, 15) is 0 Å². The van der Waals surface area contributed by atoms with Crippen LogP contribution >= 0.6 is 0 Å². The summed E-state index contributed by atoms with van der Waals surface area (Å²) < 4.78 is 0. The number of hydrogen-bond donors (Lipinski definition) is 0. The van der Waals surface area contributed by atoms with E-state index in [0.29, 0.717) is 0 Å². The van der Waals surface area contributed by atoms with Gasteiger partial charge in [0.1, 0.15) is 0 Å². The predicted molar refractivity (Wildman–Crippen MR) is 271 cm³/mol. The van der Waals surface area contributed by atoms with Gasteiger partial charge in [0, 0.05) is 45.0 Å². The number of nitrogens with zero attached hydrogens (tertiary/aromatic N) is 2. The number of anilines is 6. The summed E-state index contributed by atoms with van der Waals surface area (Å²) in [5, 5.41) is 0. The van der Waals surface area contributed by atoms with Crippen LogP contribution in [0.4, 0.5) is 34.1 Å². The van der Waals surface area contributed by atoms with Crippen LogP contribution in [0, 0.1) is 41.5 Å². The smallest absolute Gasteiger partial charge is 0.252 e. The fourth-order valence-electron chi connectivity index (χ4n) is 10.5. The Morgan fingerprint density at radius 2 is 0.698 bits per heavy atom. The standard InChI is InChI=1S/C60H49BN2/c1-38-28-30-54-52(36-38)61-53-37-39(2)29-31-55(53)63(60-49(45-22-11-8-12-23-45)33-41(4)35-51(60)47-25-16-14-19-43(47)6)57-27-17-26-56(58(57)61)62(54)59-48(44-20-9-7-10-21-44)32-40(3)34-50(59)46-24-15-13-18-42(46)5/h7-37H,1-6H3. The fraction of sp³-hybridized carbons (Fsp3) is 0.100. The summed E-state index contributed by atoms with van der Waals surface area (Å²) >= 11 is 0. The molecule has 0 unspecified atom stereocenters. The quantitative estimate of drug-likeness (QED) is 0.154. The van der Waals surface area contributed by atoms with Gasteiger partial charge in [0.2, 0.25) is 0 Å². The molecular formula is C60H49BN2. The van der Waals surface area contributed by atoms with Crippen LogP contribution in [0.25, 0.3) is 44.5 Å². The molecule has 2 nitrogen and oxygen atoms in total. The fourth-order valence-corrected chi connectivity index (χ4v) is 10.5. The van der Waals surface area contributed by atoms with E-state index in [0.717, 1.165) is 0 Å². The number of rotatable bonds is 6. The first-order chi connectivity index (χ1) is 30.7. The van der Waals surface area contributed by atoms with Crippen molar-refractivity contribution in [3.63, 3.8) is 0 Å². The molecule has 0 atom stereocenters. The minimum absolute atomic E-state index is 0.00794. The number of fused-ring (bicyclic) bond motifs is 4. The van der Waals surface area contributed by atoms with Crippen molar-refractivity contribution in [2.24, 2.45) is 0 Å². The van der Waals surface area contributed by atoms with Crippen LogP contribution in [0.1, 0.15) is 33.4 Å². The summed E-state index contributed by atoms with van der Waals surface area (Å²) in [6.07, 6.45) is 0. The van der Waals surface area contributed by atoms with Crippen molar-refractivity contribution < 1.29 is 0 Å². The Hall–Kier alpha value is -7.36. The first-order valence-corrected chi connectivity index (χ1v) is 22.2. The van der Waals surface area contributed by atoms with Crippen LogP contribution in [0.5, 0.6) is 0 Å². The van der Waals surface area contributed by atoms with Gasteiger partial charge in [-0.15, -0.1) is 0 Å². The lowest BCUT2D eigenvalue weighted by molar-refractivity contribution is 1.24. The Bertz CT molecular complexity index is 3040. The molecule has 3 heteroatoms. The summed E-state index contributed by atoms with van der Waals surface area (Å²) in [6, 6.07) is 70.6. The molecule has 0 N–H and O–H groups in total. The topological polar surface area (TPSA) is 6.48 Å². The van der Waals surface area contributed by atoms with Crippen LogP contribution in [0.2, 0.25) is 0 Å². The molecule has 302 valence electrons.